The molecule has 0 aliphatic carbocycles. The summed E-state index contributed by atoms with van der Waals surface area (Å²) < 4.78 is 15.7. The number of aromatic nitrogens is 3. The molecule has 0 fully saturated rings. The van der Waals surface area contributed by atoms with Crippen molar-refractivity contribution >= 4 is 11.8 Å². The third-order valence-electron chi connectivity index (χ3n) is 2.79. The second kappa shape index (κ2) is 6.50. The lowest BCUT2D eigenvalue weighted by molar-refractivity contribution is 0.615. The molecule has 1 aromatic carbocycles. The molecular formula is C13H14FN5S. The van der Waals surface area contributed by atoms with Crippen molar-refractivity contribution < 1.29 is 4.39 Å². The molecule has 2 rings (SSSR count). The van der Waals surface area contributed by atoms with Crippen molar-refractivity contribution in [2.45, 2.75) is 24.4 Å². The van der Waals surface area contributed by atoms with Crippen molar-refractivity contribution in [1.82, 2.24) is 14.8 Å². The molecule has 2 aromatic rings. The fourth-order valence-electron chi connectivity index (χ4n) is 1.73. The topological polar surface area (TPSA) is 80.5 Å². The Bertz CT molecular complexity index is 647. The maximum absolute atomic E-state index is 13.8. The van der Waals surface area contributed by atoms with Gasteiger partial charge in [-0.05, 0) is 24.6 Å². The summed E-state index contributed by atoms with van der Waals surface area (Å²) in [4.78, 5) is 0. The Hall–Kier alpha value is -1.91. The zero-order valence-corrected chi connectivity index (χ0v) is 11.8. The first-order valence-electron chi connectivity index (χ1n) is 6.07. The van der Waals surface area contributed by atoms with Gasteiger partial charge in [0.05, 0.1) is 11.6 Å². The van der Waals surface area contributed by atoms with Crippen LogP contribution in [0.1, 0.15) is 17.0 Å². The van der Waals surface area contributed by atoms with Gasteiger partial charge in [0, 0.05) is 18.8 Å². The van der Waals surface area contributed by atoms with E-state index in [1.807, 2.05) is 17.6 Å². The molecule has 0 aliphatic rings. The summed E-state index contributed by atoms with van der Waals surface area (Å²) in [5, 5.41) is 17.5. The van der Waals surface area contributed by atoms with Crippen LogP contribution in [0.4, 0.5) is 4.39 Å². The highest BCUT2D eigenvalue weighted by molar-refractivity contribution is 7.98. The van der Waals surface area contributed by atoms with Crippen molar-refractivity contribution in [3.8, 4) is 6.07 Å². The Balaban J connectivity index is 2.11. The van der Waals surface area contributed by atoms with E-state index >= 15 is 0 Å². The predicted octanol–water partition coefficient (Wildman–Crippen LogP) is 1.85. The van der Waals surface area contributed by atoms with Crippen LogP contribution < -0.4 is 5.73 Å². The molecule has 0 amide bonds. The van der Waals surface area contributed by atoms with Gasteiger partial charge in [0.1, 0.15) is 11.6 Å². The van der Waals surface area contributed by atoms with Gasteiger partial charge >= 0.3 is 0 Å². The fourth-order valence-corrected chi connectivity index (χ4v) is 2.73. The molecule has 0 aliphatic heterocycles. The normalized spacial score (nSPS) is 10.5. The number of nitrogens with zero attached hydrogens (tertiary/aromatic N) is 4. The predicted molar refractivity (Wildman–Crippen MR) is 74.5 cm³/mol. The van der Waals surface area contributed by atoms with Crippen molar-refractivity contribution in [2.24, 2.45) is 5.73 Å². The van der Waals surface area contributed by atoms with E-state index in [-0.39, 0.29) is 5.82 Å². The Morgan fingerprint density at radius 2 is 2.25 bits per heavy atom. The molecular weight excluding hydrogens is 277 g/mol. The van der Waals surface area contributed by atoms with E-state index in [1.54, 1.807) is 12.1 Å². The third-order valence-corrected chi connectivity index (χ3v) is 3.81. The second-order valence-electron chi connectivity index (χ2n) is 4.18. The molecule has 0 unspecified atom stereocenters. The standard InChI is InChI=1S/C13H14FN5S/c1-9-17-18-13(19(9)5-4-15)20-8-11-3-2-10(7-16)6-12(11)14/h2-3,6H,4-5,8,15H2,1H3. The molecule has 2 N–H and O–H groups in total. The van der Waals surface area contributed by atoms with Gasteiger partial charge in [0.2, 0.25) is 0 Å². The molecule has 20 heavy (non-hydrogen) atoms. The largest absolute Gasteiger partial charge is 0.329 e. The number of nitriles is 1. The average Bonchev–Trinajstić information content (AvgIpc) is 2.79. The lowest BCUT2D eigenvalue weighted by Gasteiger charge is -2.07. The number of benzene rings is 1. The maximum Gasteiger partial charge on any atom is 0.191 e. The highest BCUT2D eigenvalue weighted by atomic mass is 32.2. The van der Waals surface area contributed by atoms with Gasteiger partial charge in [0.25, 0.3) is 0 Å². The number of hydrogen-bond acceptors (Lipinski definition) is 5. The number of rotatable bonds is 5. The molecule has 1 heterocycles. The molecule has 0 atom stereocenters. The molecule has 7 heteroatoms. The van der Waals surface area contributed by atoms with Gasteiger partial charge in [-0.25, -0.2) is 4.39 Å². The first kappa shape index (κ1) is 14.5. The van der Waals surface area contributed by atoms with Crippen LogP contribution in [0, 0.1) is 24.1 Å². The van der Waals surface area contributed by atoms with Crippen LogP contribution in [0.3, 0.4) is 0 Å². The smallest absolute Gasteiger partial charge is 0.191 e. The van der Waals surface area contributed by atoms with Gasteiger partial charge < -0.3 is 10.3 Å². The highest BCUT2D eigenvalue weighted by Gasteiger charge is 2.10. The van der Waals surface area contributed by atoms with Crippen molar-refractivity contribution in [3.05, 3.63) is 41.0 Å². The number of thioether (sulfide) groups is 1. The lowest BCUT2D eigenvalue weighted by Crippen LogP contribution is -2.12. The van der Waals surface area contributed by atoms with E-state index in [9.17, 15) is 4.39 Å². The first-order chi connectivity index (χ1) is 9.65. The second-order valence-corrected chi connectivity index (χ2v) is 5.12. The van der Waals surface area contributed by atoms with Crippen LogP contribution in [0.5, 0.6) is 0 Å². The molecule has 0 radical (unpaired) electrons. The monoisotopic (exact) mass is 291 g/mol. The molecule has 5 nitrogen and oxygen atoms in total. The number of nitrogens with two attached hydrogens (primary N) is 1. The van der Waals surface area contributed by atoms with E-state index < -0.39 is 0 Å². The quantitative estimate of drug-likeness (QED) is 0.850. The summed E-state index contributed by atoms with van der Waals surface area (Å²) in [5.41, 5.74) is 6.40. The molecule has 0 bridgehead atoms. The zero-order chi connectivity index (χ0) is 14.5. The highest BCUT2D eigenvalue weighted by Crippen LogP contribution is 2.23. The zero-order valence-electron chi connectivity index (χ0n) is 11.0. The van der Waals surface area contributed by atoms with Crippen molar-refractivity contribution in [3.63, 3.8) is 0 Å². The van der Waals surface area contributed by atoms with Crippen LogP contribution in [0.2, 0.25) is 0 Å². The molecule has 0 saturated heterocycles. The van der Waals surface area contributed by atoms with Crippen LogP contribution in [0.15, 0.2) is 23.4 Å². The van der Waals surface area contributed by atoms with E-state index in [2.05, 4.69) is 10.2 Å². The minimum absolute atomic E-state index is 0.318. The summed E-state index contributed by atoms with van der Waals surface area (Å²) >= 11 is 1.40. The van der Waals surface area contributed by atoms with Gasteiger partial charge in [-0.2, -0.15) is 5.26 Å². The van der Waals surface area contributed by atoms with Crippen LogP contribution in [-0.4, -0.2) is 21.3 Å². The Morgan fingerprint density at radius 1 is 1.45 bits per heavy atom. The van der Waals surface area contributed by atoms with E-state index in [0.29, 0.717) is 30.0 Å². The fraction of sp³-hybridized carbons (Fsp3) is 0.308. The summed E-state index contributed by atoms with van der Waals surface area (Å²) in [5.74, 6) is 0.844. The molecule has 1 aromatic heterocycles. The first-order valence-corrected chi connectivity index (χ1v) is 7.05. The number of aryl methyl sites for hydroxylation is 1. The molecule has 0 saturated carbocycles. The van der Waals surface area contributed by atoms with Gasteiger partial charge in [-0.1, -0.05) is 17.8 Å². The van der Waals surface area contributed by atoms with E-state index in [0.717, 1.165) is 11.0 Å². The van der Waals surface area contributed by atoms with Gasteiger partial charge in [-0.3, -0.25) is 0 Å². The van der Waals surface area contributed by atoms with Crippen molar-refractivity contribution in [1.29, 1.82) is 5.26 Å². The van der Waals surface area contributed by atoms with Gasteiger partial charge in [-0.15, -0.1) is 10.2 Å². The SMILES string of the molecule is Cc1nnc(SCc2ccc(C#N)cc2F)n1CCN. The summed E-state index contributed by atoms with van der Waals surface area (Å²) in [6.07, 6.45) is 0. The summed E-state index contributed by atoms with van der Waals surface area (Å²) in [6.45, 7) is 2.99. The number of halogens is 1. The summed E-state index contributed by atoms with van der Waals surface area (Å²) in [6, 6.07) is 6.38. The molecule has 104 valence electrons. The van der Waals surface area contributed by atoms with E-state index in [4.69, 9.17) is 11.0 Å². The maximum atomic E-state index is 13.8. The minimum Gasteiger partial charge on any atom is -0.329 e. The van der Waals surface area contributed by atoms with E-state index in [1.165, 1.54) is 17.8 Å². The van der Waals surface area contributed by atoms with Crippen molar-refractivity contribution in [2.75, 3.05) is 6.54 Å². The Kier molecular flexibility index (Phi) is 4.71. The van der Waals surface area contributed by atoms with Crippen LogP contribution >= 0.6 is 11.8 Å². The average molecular weight is 291 g/mol. The number of hydrogen-bond donors (Lipinski definition) is 1. The Labute approximate surface area is 120 Å². The third kappa shape index (κ3) is 3.15. The van der Waals surface area contributed by atoms with Crippen LogP contribution in [-0.2, 0) is 12.3 Å². The van der Waals surface area contributed by atoms with Crippen LogP contribution in [0.25, 0.3) is 0 Å². The Morgan fingerprint density at radius 3 is 2.90 bits per heavy atom. The minimum atomic E-state index is -0.377. The van der Waals surface area contributed by atoms with Gasteiger partial charge in [0.15, 0.2) is 5.16 Å². The molecule has 0 spiro atoms. The lowest BCUT2D eigenvalue weighted by atomic mass is 10.1. The summed E-state index contributed by atoms with van der Waals surface area (Å²) in [7, 11) is 0.